The van der Waals surface area contributed by atoms with Crippen LogP contribution in [0.1, 0.15) is 35.8 Å². The Kier molecular flexibility index (Phi) is 5.04. The molecule has 0 spiro atoms. The average molecular weight is 413 g/mol. The number of amides is 1. The highest BCUT2D eigenvalue weighted by atomic mass is 19.1. The SMILES string of the molecule is C[C@@H](N)CCc1ncc(F)cc1N1CCC(=O)N1c1ccn2ncc(C(=O)O)c2n1. The quantitative estimate of drug-likeness (QED) is 0.620. The standard InChI is InChI=1S/C19H20FN7O3/c1-11(21)2-3-14-15(8-12(20)9-22-14)26-7-5-17(28)27(26)16-4-6-25-18(24-16)13(10-23-25)19(29)30/h4,6,8-11H,2-3,5,7,21H2,1H3,(H,29,30)/t11-/m1/s1. The Morgan fingerprint density at radius 1 is 1.40 bits per heavy atom. The van der Waals surface area contributed by atoms with Crippen LogP contribution in [0.15, 0.2) is 30.7 Å². The Balaban J connectivity index is 1.77. The Hall–Kier alpha value is -3.60. The number of aromatic carboxylic acids is 1. The minimum absolute atomic E-state index is 0.0543. The molecule has 4 rings (SSSR count). The number of anilines is 2. The third-order valence-electron chi connectivity index (χ3n) is 4.85. The molecule has 1 saturated heterocycles. The van der Waals surface area contributed by atoms with Crippen LogP contribution in [-0.2, 0) is 11.2 Å². The number of hydrazine groups is 1. The lowest BCUT2D eigenvalue weighted by molar-refractivity contribution is -0.117. The van der Waals surface area contributed by atoms with Gasteiger partial charge in [0.15, 0.2) is 11.5 Å². The van der Waals surface area contributed by atoms with Gasteiger partial charge in [-0.05, 0) is 19.8 Å². The van der Waals surface area contributed by atoms with Gasteiger partial charge in [0.2, 0.25) is 5.91 Å². The molecular formula is C19H20FN7O3. The maximum Gasteiger partial charge on any atom is 0.341 e. The summed E-state index contributed by atoms with van der Waals surface area (Å²) < 4.78 is 15.3. The number of aryl methyl sites for hydroxylation is 1. The summed E-state index contributed by atoms with van der Waals surface area (Å²) in [6.45, 7) is 2.19. The number of nitrogens with two attached hydrogens (primary N) is 1. The fourth-order valence-electron chi connectivity index (χ4n) is 3.39. The zero-order valence-corrected chi connectivity index (χ0v) is 16.2. The molecule has 1 aliphatic rings. The number of carboxylic acid groups (broad SMARTS) is 1. The first kappa shape index (κ1) is 19.7. The number of carbonyl (C=O) groups excluding carboxylic acids is 1. The molecule has 1 fully saturated rings. The average Bonchev–Trinajstić information content (AvgIpc) is 3.29. The predicted octanol–water partition coefficient (Wildman–Crippen LogP) is 1.40. The number of halogens is 1. The van der Waals surface area contributed by atoms with Crippen LogP contribution in [0.5, 0.6) is 0 Å². The van der Waals surface area contributed by atoms with Gasteiger partial charge < -0.3 is 10.8 Å². The van der Waals surface area contributed by atoms with Crippen LogP contribution in [0, 0.1) is 5.82 Å². The topological polar surface area (TPSA) is 130 Å². The summed E-state index contributed by atoms with van der Waals surface area (Å²) in [7, 11) is 0. The second-order valence-electron chi connectivity index (χ2n) is 7.13. The second kappa shape index (κ2) is 7.67. The maximum absolute atomic E-state index is 14.0. The van der Waals surface area contributed by atoms with E-state index in [-0.39, 0.29) is 35.4 Å². The van der Waals surface area contributed by atoms with Crippen molar-refractivity contribution in [1.29, 1.82) is 0 Å². The van der Waals surface area contributed by atoms with E-state index < -0.39 is 11.8 Å². The number of carboxylic acids is 1. The van der Waals surface area contributed by atoms with Crippen LogP contribution >= 0.6 is 0 Å². The smallest absolute Gasteiger partial charge is 0.341 e. The molecule has 10 nitrogen and oxygen atoms in total. The molecule has 1 atom stereocenters. The summed E-state index contributed by atoms with van der Waals surface area (Å²) in [6.07, 6.45) is 5.22. The molecule has 0 bridgehead atoms. The van der Waals surface area contributed by atoms with E-state index in [1.54, 1.807) is 11.1 Å². The van der Waals surface area contributed by atoms with Crippen molar-refractivity contribution in [1.82, 2.24) is 19.6 Å². The van der Waals surface area contributed by atoms with Gasteiger partial charge in [-0.1, -0.05) is 0 Å². The van der Waals surface area contributed by atoms with Crippen molar-refractivity contribution in [2.75, 3.05) is 16.6 Å². The van der Waals surface area contributed by atoms with Crippen molar-refractivity contribution in [2.45, 2.75) is 32.2 Å². The first-order valence-corrected chi connectivity index (χ1v) is 9.43. The zero-order chi connectivity index (χ0) is 21.4. The predicted molar refractivity (Wildman–Crippen MR) is 106 cm³/mol. The maximum atomic E-state index is 14.0. The molecule has 156 valence electrons. The molecule has 0 unspecified atom stereocenters. The van der Waals surface area contributed by atoms with Crippen LogP contribution in [0.2, 0.25) is 0 Å². The summed E-state index contributed by atoms with van der Waals surface area (Å²) in [4.78, 5) is 32.7. The number of pyridine rings is 1. The minimum Gasteiger partial charge on any atom is -0.477 e. The Morgan fingerprint density at radius 3 is 2.93 bits per heavy atom. The first-order valence-electron chi connectivity index (χ1n) is 9.43. The lowest BCUT2D eigenvalue weighted by Crippen LogP contribution is -2.40. The van der Waals surface area contributed by atoms with Gasteiger partial charge in [-0.3, -0.25) is 14.8 Å². The minimum atomic E-state index is -1.17. The molecule has 3 aromatic heterocycles. The van der Waals surface area contributed by atoms with E-state index in [2.05, 4.69) is 15.1 Å². The Bertz CT molecular complexity index is 1130. The van der Waals surface area contributed by atoms with E-state index in [0.717, 1.165) is 6.20 Å². The van der Waals surface area contributed by atoms with E-state index in [9.17, 15) is 19.1 Å². The lowest BCUT2D eigenvalue weighted by atomic mass is 10.1. The Labute approximate surface area is 170 Å². The van der Waals surface area contributed by atoms with Gasteiger partial charge in [0.1, 0.15) is 11.4 Å². The highest BCUT2D eigenvalue weighted by Crippen LogP contribution is 2.30. The molecule has 1 amide bonds. The van der Waals surface area contributed by atoms with Crippen LogP contribution < -0.4 is 15.8 Å². The molecular weight excluding hydrogens is 393 g/mol. The number of fused-ring (bicyclic) bond motifs is 1. The van der Waals surface area contributed by atoms with Crippen molar-refractivity contribution in [3.63, 3.8) is 0 Å². The first-order chi connectivity index (χ1) is 14.3. The molecule has 3 aromatic rings. The molecule has 4 heterocycles. The summed E-state index contributed by atoms with van der Waals surface area (Å²) in [5.74, 6) is -1.73. The van der Waals surface area contributed by atoms with Gasteiger partial charge in [-0.25, -0.2) is 23.7 Å². The largest absolute Gasteiger partial charge is 0.477 e. The van der Waals surface area contributed by atoms with E-state index in [1.807, 2.05) is 6.92 Å². The molecule has 0 aromatic carbocycles. The second-order valence-corrected chi connectivity index (χ2v) is 7.13. The highest BCUT2D eigenvalue weighted by molar-refractivity contribution is 5.99. The fourth-order valence-corrected chi connectivity index (χ4v) is 3.39. The monoisotopic (exact) mass is 413 g/mol. The van der Waals surface area contributed by atoms with Gasteiger partial charge in [-0.2, -0.15) is 5.10 Å². The van der Waals surface area contributed by atoms with Crippen molar-refractivity contribution < 1.29 is 19.1 Å². The molecule has 11 heteroatoms. The number of carbonyl (C=O) groups is 2. The highest BCUT2D eigenvalue weighted by Gasteiger charge is 2.34. The molecule has 1 aliphatic heterocycles. The number of nitrogens with zero attached hydrogens (tertiary/aromatic N) is 6. The van der Waals surface area contributed by atoms with E-state index in [0.29, 0.717) is 30.8 Å². The van der Waals surface area contributed by atoms with Gasteiger partial charge in [0.05, 0.1) is 23.8 Å². The van der Waals surface area contributed by atoms with E-state index in [4.69, 9.17) is 5.73 Å². The van der Waals surface area contributed by atoms with Crippen molar-refractivity contribution in [2.24, 2.45) is 5.73 Å². The van der Waals surface area contributed by atoms with Gasteiger partial charge in [0, 0.05) is 37.3 Å². The van der Waals surface area contributed by atoms with Crippen LogP contribution in [0.3, 0.4) is 0 Å². The van der Waals surface area contributed by atoms with Crippen LogP contribution in [0.4, 0.5) is 15.9 Å². The number of hydrogen-bond acceptors (Lipinski definition) is 7. The summed E-state index contributed by atoms with van der Waals surface area (Å²) >= 11 is 0. The number of aromatic nitrogens is 4. The van der Waals surface area contributed by atoms with Crippen molar-refractivity contribution >= 4 is 29.0 Å². The van der Waals surface area contributed by atoms with E-state index >= 15 is 0 Å². The third-order valence-corrected chi connectivity index (χ3v) is 4.85. The zero-order valence-electron chi connectivity index (χ0n) is 16.2. The fraction of sp³-hybridized carbons (Fsp3) is 0.316. The third kappa shape index (κ3) is 3.54. The van der Waals surface area contributed by atoms with E-state index in [1.165, 1.54) is 28.0 Å². The molecule has 3 N–H and O–H groups in total. The van der Waals surface area contributed by atoms with Gasteiger partial charge in [0.25, 0.3) is 0 Å². The lowest BCUT2D eigenvalue weighted by Gasteiger charge is -2.30. The van der Waals surface area contributed by atoms with Crippen molar-refractivity contribution in [3.05, 3.63) is 47.8 Å². The summed E-state index contributed by atoms with van der Waals surface area (Å²) in [5.41, 5.74) is 6.94. The van der Waals surface area contributed by atoms with Crippen LogP contribution in [0.25, 0.3) is 5.65 Å². The number of rotatable bonds is 6. The van der Waals surface area contributed by atoms with Gasteiger partial charge in [-0.15, -0.1) is 0 Å². The van der Waals surface area contributed by atoms with Crippen molar-refractivity contribution in [3.8, 4) is 0 Å². The normalized spacial score (nSPS) is 15.2. The summed E-state index contributed by atoms with van der Waals surface area (Å²) in [6, 6.07) is 2.83. The number of hydrogen-bond donors (Lipinski definition) is 2. The van der Waals surface area contributed by atoms with Gasteiger partial charge >= 0.3 is 5.97 Å². The molecule has 0 radical (unpaired) electrons. The molecule has 0 saturated carbocycles. The van der Waals surface area contributed by atoms with Crippen LogP contribution in [-0.4, -0.2) is 49.2 Å². The molecule has 0 aliphatic carbocycles. The molecule has 30 heavy (non-hydrogen) atoms. The Morgan fingerprint density at radius 2 is 2.20 bits per heavy atom. The summed E-state index contributed by atoms with van der Waals surface area (Å²) in [5, 5.41) is 16.2.